The fourth-order valence-electron chi connectivity index (χ4n) is 2.56. The molecule has 0 aliphatic rings. The van der Waals surface area contributed by atoms with Crippen molar-refractivity contribution >= 4 is 6.09 Å². The number of alkyl carbamates (subject to hydrolysis) is 1. The Kier molecular flexibility index (Phi) is 6.02. The highest BCUT2D eigenvalue weighted by Crippen LogP contribution is 2.21. The summed E-state index contributed by atoms with van der Waals surface area (Å²) in [6, 6.07) is 18.8. The van der Waals surface area contributed by atoms with Crippen LogP contribution in [0.3, 0.4) is 0 Å². The Morgan fingerprint density at radius 1 is 1.04 bits per heavy atom. The van der Waals surface area contributed by atoms with E-state index in [1.54, 1.807) is 0 Å². The van der Waals surface area contributed by atoms with E-state index in [2.05, 4.69) is 48.6 Å². The number of carbonyl (C=O) groups excluding carboxylic acids is 1. The third-order valence-electron chi connectivity index (χ3n) is 3.77. The van der Waals surface area contributed by atoms with Gasteiger partial charge < -0.3 is 10.1 Å². The van der Waals surface area contributed by atoms with E-state index in [1.807, 2.05) is 39.0 Å². The molecule has 1 atom stereocenters. The molecule has 2 aromatic rings. The van der Waals surface area contributed by atoms with Crippen LogP contribution in [0.25, 0.3) is 0 Å². The molecule has 128 valence electrons. The molecule has 0 bridgehead atoms. The molecule has 0 fully saturated rings. The first-order chi connectivity index (χ1) is 11.3. The molecule has 0 radical (unpaired) electrons. The zero-order valence-corrected chi connectivity index (χ0v) is 15.0. The highest BCUT2D eigenvalue weighted by Gasteiger charge is 2.18. The number of hydrogen-bond acceptors (Lipinski definition) is 2. The summed E-state index contributed by atoms with van der Waals surface area (Å²) in [5.41, 5.74) is 3.25. The molecule has 0 aromatic heterocycles. The maximum absolute atomic E-state index is 12.0. The molecule has 0 saturated carbocycles. The van der Waals surface area contributed by atoms with Gasteiger partial charge in [-0.1, -0.05) is 60.2 Å². The van der Waals surface area contributed by atoms with E-state index < -0.39 is 5.60 Å². The van der Waals surface area contributed by atoms with Crippen LogP contribution in [-0.2, 0) is 11.2 Å². The van der Waals surface area contributed by atoms with E-state index in [4.69, 9.17) is 4.74 Å². The van der Waals surface area contributed by atoms with Crippen LogP contribution >= 0.6 is 0 Å². The molecule has 24 heavy (non-hydrogen) atoms. The van der Waals surface area contributed by atoms with Crippen molar-refractivity contribution in [1.82, 2.24) is 5.32 Å². The van der Waals surface area contributed by atoms with Gasteiger partial charge in [0.2, 0.25) is 0 Å². The third-order valence-corrected chi connectivity index (χ3v) is 3.77. The van der Waals surface area contributed by atoms with Crippen LogP contribution < -0.4 is 5.32 Å². The standard InChI is InChI=1S/C21H27NO2/c1-16-10-12-17(13-11-16)14-19(18-8-6-5-7-9-18)15-22-20(23)24-21(2,3)4/h5-13,19H,14-15H2,1-4H3,(H,22,23)/t19-/m1/s1. The lowest BCUT2D eigenvalue weighted by Crippen LogP contribution is -2.35. The van der Waals surface area contributed by atoms with Crippen LogP contribution in [0.1, 0.15) is 43.4 Å². The number of amides is 1. The Morgan fingerprint density at radius 2 is 1.67 bits per heavy atom. The Balaban J connectivity index is 2.06. The van der Waals surface area contributed by atoms with Crippen LogP contribution in [0, 0.1) is 6.92 Å². The van der Waals surface area contributed by atoms with Crippen molar-refractivity contribution in [3.05, 3.63) is 71.3 Å². The molecule has 3 nitrogen and oxygen atoms in total. The number of benzene rings is 2. The second-order valence-electron chi connectivity index (χ2n) is 7.18. The van der Waals surface area contributed by atoms with Crippen LogP contribution in [0.15, 0.2) is 54.6 Å². The highest BCUT2D eigenvalue weighted by atomic mass is 16.6. The quantitative estimate of drug-likeness (QED) is 0.853. The summed E-state index contributed by atoms with van der Waals surface area (Å²) in [4.78, 5) is 12.0. The number of aryl methyl sites for hydroxylation is 1. The van der Waals surface area contributed by atoms with E-state index in [1.165, 1.54) is 16.7 Å². The highest BCUT2D eigenvalue weighted by molar-refractivity contribution is 5.67. The molecular weight excluding hydrogens is 298 g/mol. The number of hydrogen-bond donors (Lipinski definition) is 1. The summed E-state index contributed by atoms with van der Waals surface area (Å²) < 4.78 is 5.34. The maximum Gasteiger partial charge on any atom is 0.407 e. The SMILES string of the molecule is Cc1ccc(C[C@H](CNC(=O)OC(C)(C)C)c2ccccc2)cc1. The minimum absolute atomic E-state index is 0.210. The van der Waals surface area contributed by atoms with Crippen molar-refractivity contribution in [3.8, 4) is 0 Å². The van der Waals surface area contributed by atoms with Gasteiger partial charge in [0.1, 0.15) is 5.60 Å². The van der Waals surface area contributed by atoms with E-state index in [0.717, 1.165) is 6.42 Å². The summed E-state index contributed by atoms with van der Waals surface area (Å²) in [7, 11) is 0. The van der Waals surface area contributed by atoms with E-state index in [0.29, 0.717) is 6.54 Å². The predicted molar refractivity (Wildman–Crippen MR) is 98.3 cm³/mol. The molecule has 0 spiro atoms. The van der Waals surface area contributed by atoms with E-state index in [-0.39, 0.29) is 12.0 Å². The van der Waals surface area contributed by atoms with Crippen LogP contribution in [0.4, 0.5) is 4.79 Å². The van der Waals surface area contributed by atoms with Gasteiger partial charge in [0.25, 0.3) is 0 Å². The van der Waals surface area contributed by atoms with Crippen LogP contribution in [0.2, 0.25) is 0 Å². The van der Waals surface area contributed by atoms with Gasteiger partial charge in [-0.15, -0.1) is 0 Å². The first-order valence-electron chi connectivity index (χ1n) is 8.41. The van der Waals surface area contributed by atoms with Gasteiger partial charge in [-0.05, 0) is 45.2 Å². The number of carbonyl (C=O) groups is 1. The fraction of sp³-hybridized carbons (Fsp3) is 0.381. The lowest BCUT2D eigenvalue weighted by atomic mass is 9.91. The molecule has 1 N–H and O–H groups in total. The van der Waals surface area contributed by atoms with Crippen molar-refractivity contribution in [3.63, 3.8) is 0 Å². The normalized spacial score (nSPS) is 12.5. The van der Waals surface area contributed by atoms with Gasteiger partial charge in [-0.2, -0.15) is 0 Å². The topological polar surface area (TPSA) is 38.3 Å². The van der Waals surface area contributed by atoms with Gasteiger partial charge >= 0.3 is 6.09 Å². The van der Waals surface area contributed by atoms with Gasteiger partial charge in [-0.25, -0.2) is 4.79 Å². The monoisotopic (exact) mass is 325 g/mol. The van der Waals surface area contributed by atoms with Gasteiger partial charge in [-0.3, -0.25) is 0 Å². The minimum atomic E-state index is -0.483. The third kappa shape index (κ3) is 6.07. The molecule has 2 aromatic carbocycles. The molecular formula is C21H27NO2. The molecule has 1 amide bonds. The van der Waals surface area contributed by atoms with Crippen molar-refractivity contribution in [2.24, 2.45) is 0 Å². The van der Waals surface area contributed by atoms with Gasteiger partial charge in [0.15, 0.2) is 0 Å². The number of ether oxygens (including phenoxy) is 1. The minimum Gasteiger partial charge on any atom is -0.444 e. The fourth-order valence-corrected chi connectivity index (χ4v) is 2.56. The van der Waals surface area contributed by atoms with Crippen molar-refractivity contribution < 1.29 is 9.53 Å². The Labute approximate surface area is 145 Å². The van der Waals surface area contributed by atoms with Crippen LogP contribution in [0.5, 0.6) is 0 Å². The Bertz CT molecular complexity index is 642. The number of rotatable bonds is 5. The lowest BCUT2D eigenvalue weighted by Gasteiger charge is -2.22. The lowest BCUT2D eigenvalue weighted by molar-refractivity contribution is 0.0524. The molecule has 3 heteroatoms. The Hall–Kier alpha value is -2.29. The molecule has 0 aliphatic carbocycles. The van der Waals surface area contributed by atoms with Gasteiger partial charge in [0, 0.05) is 12.5 Å². The Morgan fingerprint density at radius 3 is 2.25 bits per heavy atom. The molecule has 0 unspecified atom stereocenters. The second kappa shape index (κ2) is 8.00. The summed E-state index contributed by atoms with van der Waals surface area (Å²) in [5, 5.41) is 2.91. The summed E-state index contributed by atoms with van der Waals surface area (Å²) in [5.74, 6) is 0.210. The first-order valence-corrected chi connectivity index (χ1v) is 8.41. The van der Waals surface area contributed by atoms with Crippen LogP contribution in [-0.4, -0.2) is 18.2 Å². The van der Waals surface area contributed by atoms with Crippen molar-refractivity contribution in [1.29, 1.82) is 0 Å². The average Bonchev–Trinajstić information content (AvgIpc) is 2.52. The maximum atomic E-state index is 12.0. The summed E-state index contributed by atoms with van der Waals surface area (Å²) in [6.45, 7) is 8.24. The van der Waals surface area contributed by atoms with Crippen molar-refractivity contribution in [2.45, 2.75) is 45.6 Å². The van der Waals surface area contributed by atoms with E-state index >= 15 is 0 Å². The largest absolute Gasteiger partial charge is 0.444 e. The second-order valence-corrected chi connectivity index (χ2v) is 7.18. The average molecular weight is 325 g/mol. The molecule has 2 rings (SSSR count). The first kappa shape index (κ1) is 18.1. The zero-order valence-electron chi connectivity index (χ0n) is 15.0. The van der Waals surface area contributed by atoms with Gasteiger partial charge in [0.05, 0.1) is 0 Å². The molecule has 0 aliphatic heterocycles. The summed E-state index contributed by atoms with van der Waals surface area (Å²) >= 11 is 0. The summed E-state index contributed by atoms with van der Waals surface area (Å²) in [6.07, 6.45) is 0.507. The smallest absolute Gasteiger partial charge is 0.407 e. The molecule has 0 heterocycles. The van der Waals surface area contributed by atoms with Crippen molar-refractivity contribution in [2.75, 3.05) is 6.54 Å². The van der Waals surface area contributed by atoms with E-state index in [9.17, 15) is 4.79 Å². The molecule has 0 saturated heterocycles. The predicted octanol–water partition coefficient (Wildman–Crippen LogP) is 4.85. The number of nitrogens with one attached hydrogen (secondary N) is 1. The zero-order chi connectivity index (χ0) is 17.6.